The van der Waals surface area contributed by atoms with Gasteiger partial charge < -0.3 is 23.7 Å². The van der Waals surface area contributed by atoms with Gasteiger partial charge in [-0.15, -0.1) is 11.8 Å². The first-order chi connectivity index (χ1) is 17.3. The van der Waals surface area contributed by atoms with Crippen LogP contribution in [0.25, 0.3) is 0 Å². The average molecular weight is 493 g/mol. The van der Waals surface area contributed by atoms with Crippen LogP contribution in [0.4, 0.5) is 0 Å². The molecule has 35 heavy (non-hydrogen) atoms. The highest BCUT2D eigenvalue weighted by atomic mass is 32.2. The molecule has 0 radical (unpaired) electrons. The van der Waals surface area contributed by atoms with Crippen molar-refractivity contribution in [3.63, 3.8) is 0 Å². The van der Waals surface area contributed by atoms with Gasteiger partial charge in [-0.2, -0.15) is 0 Å². The van der Waals surface area contributed by atoms with E-state index < -0.39 is 6.29 Å². The topological polar surface area (TPSA) is 46.2 Å². The van der Waals surface area contributed by atoms with Crippen LogP contribution in [0.3, 0.4) is 0 Å². The van der Waals surface area contributed by atoms with Crippen molar-refractivity contribution in [3.05, 3.63) is 108 Å². The molecule has 0 amide bonds. The summed E-state index contributed by atoms with van der Waals surface area (Å²) in [6.07, 6.45) is -1.60. The lowest BCUT2D eigenvalue weighted by atomic mass is 9.98. The maximum Gasteiger partial charge on any atom is 0.184 e. The van der Waals surface area contributed by atoms with E-state index in [1.54, 1.807) is 11.8 Å². The third-order valence-corrected chi connectivity index (χ3v) is 7.30. The van der Waals surface area contributed by atoms with Crippen molar-refractivity contribution in [2.45, 2.75) is 56.3 Å². The first kappa shape index (κ1) is 24.5. The van der Waals surface area contributed by atoms with E-state index in [0.717, 1.165) is 22.4 Å². The Morgan fingerprint density at radius 2 is 1.31 bits per heavy atom. The van der Waals surface area contributed by atoms with Gasteiger partial charge in [0.25, 0.3) is 0 Å². The Hall–Kier alpha value is -2.19. The fourth-order valence-electron chi connectivity index (χ4n) is 4.52. The van der Waals surface area contributed by atoms with Crippen LogP contribution in [0, 0.1) is 0 Å². The predicted molar refractivity (Wildman–Crippen MR) is 137 cm³/mol. The summed E-state index contributed by atoms with van der Waals surface area (Å²) in [5.41, 5.74) is 3.04. The molecule has 5 rings (SSSR count). The van der Waals surface area contributed by atoms with Crippen LogP contribution in [0.1, 0.15) is 29.9 Å². The van der Waals surface area contributed by atoms with E-state index in [1.807, 2.05) is 66.7 Å². The third-order valence-electron chi connectivity index (χ3n) is 6.26. The SMILES string of the molecule is CCS[C@H]1O[C@@H]2CO[C@H](c3ccccc3)O[C@H]2[C@H](OCc2ccccc2)[C@@H]1OCc1ccccc1. The second-order valence-electron chi connectivity index (χ2n) is 8.70. The summed E-state index contributed by atoms with van der Waals surface area (Å²) in [6.45, 7) is 3.54. The highest BCUT2D eigenvalue weighted by molar-refractivity contribution is 7.99. The Labute approximate surface area is 211 Å². The summed E-state index contributed by atoms with van der Waals surface area (Å²) >= 11 is 1.74. The van der Waals surface area contributed by atoms with Crippen LogP contribution < -0.4 is 0 Å². The van der Waals surface area contributed by atoms with Gasteiger partial charge in [-0.3, -0.25) is 0 Å². The molecule has 2 saturated heterocycles. The van der Waals surface area contributed by atoms with Gasteiger partial charge in [0.15, 0.2) is 6.29 Å². The highest BCUT2D eigenvalue weighted by Gasteiger charge is 2.51. The van der Waals surface area contributed by atoms with Crippen LogP contribution in [-0.2, 0) is 36.9 Å². The minimum absolute atomic E-state index is 0.175. The summed E-state index contributed by atoms with van der Waals surface area (Å²) in [4.78, 5) is 0. The molecule has 2 aliphatic heterocycles. The Morgan fingerprint density at radius 1 is 0.743 bits per heavy atom. The molecule has 2 heterocycles. The fraction of sp³-hybridized carbons (Fsp3) is 0.379. The largest absolute Gasteiger partial charge is 0.368 e. The fourth-order valence-corrected chi connectivity index (χ4v) is 5.50. The number of hydrogen-bond donors (Lipinski definition) is 0. The molecule has 0 saturated carbocycles. The Balaban J connectivity index is 1.40. The summed E-state index contributed by atoms with van der Waals surface area (Å²) in [5.74, 6) is 0.910. The molecule has 6 heteroatoms. The standard InChI is InChI=1S/C29H32O5S/c1-2-35-29-27(31-19-22-14-8-4-9-15-22)26(30-18-21-12-6-3-7-13-21)25-24(33-29)20-32-28(34-25)23-16-10-5-11-17-23/h3-17,24-29H,2,18-20H2,1H3/t24-,25-,26+,27+,28+,29-/m1/s1. The summed E-state index contributed by atoms with van der Waals surface area (Å²) in [5, 5.41) is 0. The highest BCUT2D eigenvalue weighted by Crippen LogP contribution is 2.39. The van der Waals surface area contributed by atoms with Crippen LogP contribution in [0.5, 0.6) is 0 Å². The molecule has 3 aromatic rings. The number of ether oxygens (including phenoxy) is 5. The second kappa shape index (κ2) is 12.2. The quantitative estimate of drug-likeness (QED) is 0.379. The van der Waals surface area contributed by atoms with Gasteiger partial charge in [0.1, 0.15) is 29.9 Å². The lowest BCUT2D eigenvalue weighted by Gasteiger charge is -2.49. The normalized spacial score (nSPS) is 28.4. The molecule has 6 atom stereocenters. The summed E-state index contributed by atoms with van der Waals surface area (Å²) < 4.78 is 32.2. The number of thioether (sulfide) groups is 1. The third kappa shape index (κ3) is 6.15. The van der Waals surface area contributed by atoms with Crippen molar-refractivity contribution in [3.8, 4) is 0 Å². The van der Waals surface area contributed by atoms with Crippen molar-refractivity contribution < 1.29 is 23.7 Å². The van der Waals surface area contributed by atoms with Crippen LogP contribution in [0.15, 0.2) is 91.0 Å². The van der Waals surface area contributed by atoms with Crippen molar-refractivity contribution in [1.29, 1.82) is 0 Å². The minimum atomic E-state index is -0.464. The molecule has 2 aliphatic rings. The van der Waals surface area contributed by atoms with Crippen molar-refractivity contribution in [1.82, 2.24) is 0 Å². The van der Waals surface area contributed by atoms with Crippen molar-refractivity contribution in [2.75, 3.05) is 12.4 Å². The first-order valence-electron chi connectivity index (χ1n) is 12.2. The smallest absolute Gasteiger partial charge is 0.184 e. The maximum atomic E-state index is 6.60. The Morgan fingerprint density at radius 3 is 1.91 bits per heavy atom. The van der Waals surface area contributed by atoms with E-state index in [2.05, 4.69) is 31.2 Å². The van der Waals surface area contributed by atoms with Gasteiger partial charge in [-0.05, 0) is 16.9 Å². The molecular formula is C29H32O5S. The van der Waals surface area contributed by atoms with E-state index in [4.69, 9.17) is 23.7 Å². The monoisotopic (exact) mass is 492 g/mol. The van der Waals surface area contributed by atoms with Gasteiger partial charge in [-0.25, -0.2) is 0 Å². The molecule has 0 aromatic heterocycles. The van der Waals surface area contributed by atoms with Crippen LogP contribution >= 0.6 is 11.8 Å². The lowest BCUT2D eigenvalue weighted by molar-refractivity contribution is -0.329. The molecule has 2 fully saturated rings. The zero-order valence-corrected chi connectivity index (χ0v) is 20.7. The molecule has 0 bridgehead atoms. The predicted octanol–water partition coefficient (Wildman–Crippen LogP) is 5.75. The van der Waals surface area contributed by atoms with Gasteiger partial charge >= 0.3 is 0 Å². The van der Waals surface area contributed by atoms with Crippen LogP contribution in [-0.4, -0.2) is 42.2 Å². The van der Waals surface area contributed by atoms with E-state index in [9.17, 15) is 0 Å². The number of fused-ring (bicyclic) bond motifs is 1. The minimum Gasteiger partial charge on any atom is -0.368 e. The molecule has 0 unspecified atom stereocenters. The number of benzene rings is 3. The first-order valence-corrected chi connectivity index (χ1v) is 13.3. The number of hydrogen-bond acceptors (Lipinski definition) is 6. The van der Waals surface area contributed by atoms with Gasteiger partial charge in [-0.1, -0.05) is 97.9 Å². The molecule has 0 aliphatic carbocycles. The van der Waals surface area contributed by atoms with Crippen molar-refractivity contribution >= 4 is 11.8 Å². The van der Waals surface area contributed by atoms with Gasteiger partial charge in [0.05, 0.1) is 19.8 Å². The maximum absolute atomic E-state index is 6.60. The van der Waals surface area contributed by atoms with E-state index in [0.29, 0.717) is 19.8 Å². The summed E-state index contributed by atoms with van der Waals surface area (Å²) in [6, 6.07) is 30.5. The van der Waals surface area contributed by atoms with Crippen molar-refractivity contribution in [2.24, 2.45) is 0 Å². The van der Waals surface area contributed by atoms with Gasteiger partial charge in [0.2, 0.25) is 0 Å². The zero-order chi connectivity index (χ0) is 23.9. The molecular weight excluding hydrogens is 460 g/mol. The molecule has 184 valence electrons. The Bertz CT molecular complexity index is 1020. The molecule has 5 nitrogen and oxygen atoms in total. The van der Waals surface area contributed by atoms with E-state index in [1.165, 1.54) is 0 Å². The van der Waals surface area contributed by atoms with Crippen LogP contribution in [0.2, 0.25) is 0 Å². The van der Waals surface area contributed by atoms with E-state index >= 15 is 0 Å². The number of rotatable bonds is 9. The molecule has 3 aromatic carbocycles. The zero-order valence-electron chi connectivity index (χ0n) is 19.9. The Kier molecular flexibility index (Phi) is 8.52. The molecule has 0 spiro atoms. The van der Waals surface area contributed by atoms with E-state index in [-0.39, 0.29) is 29.9 Å². The molecule has 0 N–H and O–H groups in total. The average Bonchev–Trinajstić information content (AvgIpc) is 2.92. The lowest BCUT2D eigenvalue weighted by Crippen LogP contribution is -2.62. The summed E-state index contributed by atoms with van der Waals surface area (Å²) in [7, 11) is 0. The van der Waals surface area contributed by atoms with Gasteiger partial charge in [0, 0.05) is 5.56 Å². The second-order valence-corrected chi connectivity index (χ2v) is 10.1.